The van der Waals surface area contributed by atoms with E-state index in [9.17, 15) is 0 Å². The normalized spacial score (nSPS) is 41.9. The minimum absolute atomic E-state index is 0.466. The van der Waals surface area contributed by atoms with Crippen LogP contribution in [0.3, 0.4) is 0 Å². The minimum atomic E-state index is 0.466. The standard InChI is InChI=1S/C26H42N2O/c1-19(29-24-6-4-7-24)28-21-9-10-22(28)18-23(17-21)27-15-13-26(14-16-27)12-11-20-5-2-3-8-25(20)26/h20-25H,1-18H2. The maximum atomic E-state index is 6.22. The highest BCUT2D eigenvalue weighted by Gasteiger charge is 2.51. The van der Waals surface area contributed by atoms with Gasteiger partial charge >= 0.3 is 0 Å². The number of fused-ring (bicyclic) bond motifs is 4. The van der Waals surface area contributed by atoms with Crippen molar-refractivity contribution in [3.8, 4) is 0 Å². The highest BCUT2D eigenvalue weighted by atomic mass is 16.5. The molecule has 0 aromatic heterocycles. The van der Waals surface area contributed by atoms with E-state index < -0.39 is 0 Å². The SMILES string of the molecule is C=C(OC1CCC1)N1C2CCC1CC(N1CCC3(CCC4CCCCC43)CC1)C2. The van der Waals surface area contributed by atoms with Crippen molar-refractivity contribution in [3.05, 3.63) is 12.5 Å². The number of hydrogen-bond donors (Lipinski definition) is 0. The van der Waals surface area contributed by atoms with Crippen LogP contribution in [0.4, 0.5) is 0 Å². The van der Waals surface area contributed by atoms with Crippen molar-refractivity contribution >= 4 is 0 Å². The molecule has 6 rings (SSSR count). The summed E-state index contributed by atoms with van der Waals surface area (Å²) in [6.45, 7) is 7.12. The molecule has 3 aliphatic carbocycles. The fourth-order valence-electron chi connectivity index (χ4n) is 8.57. The van der Waals surface area contributed by atoms with Crippen LogP contribution in [-0.2, 0) is 4.74 Å². The molecule has 6 aliphatic rings. The molecule has 4 atom stereocenters. The fourth-order valence-corrected chi connectivity index (χ4v) is 8.57. The van der Waals surface area contributed by atoms with Crippen LogP contribution in [0.15, 0.2) is 12.5 Å². The van der Waals surface area contributed by atoms with E-state index in [2.05, 4.69) is 16.4 Å². The third-order valence-electron chi connectivity index (χ3n) is 10.4. The van der Waals surface area contributed by atoms with Crippen molar-refractivity contribution in [1.82, 2.24) is 9.80 Å². The molecule has 3 heteroatoms. The van der Waals surface area contributed by atoms with Crippen molar-refractivity contribution in [2.24, 2.45) is 17.3 Å². The lowest BCUT2D eigenvalue weighted by molar-refractivity contribution is -0.0372. The van der Waals surface area contributed by atoms with Crippen LogP contribution in [0.1, 0.15) is 96.3 Å². The van der Waals surface area contributed by atoms with Gasteiger partial charge in [-0.15, -0.1) is 0 Å². The lowest BCUT2D eigenvalue weighted by Gasteiger charge is -2.50. The summed E-state index contributed by atoms with van der Waals surface area (Å²) in [6, 6.07) is 2.20. The van der Waals surface area contributed by atoms with Gasteiger partial charge in [-0.25, -0.2) is 0 Å². The quantitative estimate of drug-likeness (QED) is 0.565. The first kappa shape index (κ1) is 19.0. The smallest absolute Gasteiger partial charge is 0.182 e. The van der Waals surface area contributed by atoms with Crippen LogP contribution in [-0.4, -0.2) is 47.1 Å². The second-order valence-corrected chi connectivity index (χ2v) is 11.6. The van der Waals surface area contributed by atoms with E-state index in [1.165, 1.54) is 83.7 Å². The predicted octanol–water partition coefficient (Wildman–Crippen LogP) is 5.70. The third kappa shape index (κ3) is 3.25. The molecule has 0 aromatic rings. The first-order chi connectivity index (χ1) is 14.2. The number of hydrogen-bond acceptors (Lipinski definition) is 3. The molecule has 2 bridgehead atoms. The average Bonchev–Trinajstić information content (AvgIpc) is 3.20. The van der Waals surface area contributed by atoms with Crippen LogP contribution >= 0.6 is 0 Å². The summed E-state index contributed by atoms with van der Waals surface area (Å²) >= 11 is 0. The minimum Gasteiger partial charge on any atom is -0.476 e. The number of ether oxygens (including phenoxy) is 1. The monoisotopic (exact) mass is 398 g/mol. The maximum Gasteiger partial charge on any atom is 0.182 e. The topological polar surface area (TPSA) is 15.7 Å². The molecule has 0 N–H and O–H groups in total. The van der Waals surface area contributed by atoms with E-state index in [1.54, 1.807) is 25.7 Å². The van der Waals surface area contributed by atoms with E-state index >= 15 is 0 Å². The fraction of sp³-hybridized carbons (Fsp3) is 0.923. The molecule has 1 spiro atoms. The van der Waals surface area contributed by atoms with Gasteiger partial charge in [0.25, 0.3) is 0 Å². The predicted molar refractivity (Wildman–Crippen MR) is 117 cm³/mol. The van der Waals surface area contributed by atoms with Crippen LogP contribution in [0.25, 0.3) is 0 Å². The maximum absolute atomic E-state index is 6.22. The van der Waals surface area contributed by atoms with Gasteiger partial charge in [-0.2, -0.15) is 0 Å². The molecule has 3 aliphatic heterocycles. The molecule has 162 valence electrons. The molecular weight excluding hydrogens is 356 g/mol. The summed E-state index contributed by atoms with van der Waals surface area (Å²) in [7, 11) is 0. The summed E-state index contributed by atoms with van der Waals surface area (Å²) in [5, 5.41) is 0. The zero-order valence-electron chi connectivity index (χ0n) is 18.5. The van der Waals surface area contributed by atoms with Crippen molar-refractivity contribution in [2.45, 2.75) is 121 Å². The molecule has 0 amide bonds. The Hall–Kier alpha value is -0.700. The van der Waals surface area contributed by atoms with Gasteiger partial charge in [-0.3, -0.25) is 0 Å². The van der Waals surface area contributed by atoms with E-state index in [1.807, 2.05) is 0 Å². The molecule has 6 fully saturated rings. The average molecular weight is 399 g/mol. The number of rotatable bonds is 4. The Morgan fingerprint density at radius 1 is 0.759 bits per heavy atom. The molecule has 3 saturated carbocycles. The van der Waals surface area contributed by atoms with E-state index in [-0.39, 0.29) is 0 Å². The third-order valence-corrected chi connectivity index (χ3v) is 10.4. The van der Waals surface area contributed by atoms with Crippen LogP contribution < -0.4 is 0 Å². The van der Waals surface area contributed by atoms with Crippen molar-refractivity contribution in [2.75, 3.05) is 13.1 Å². The lowest BCUT2D eigenvalue weighted by Crippen LogP contribution is -2.53. The van der Waals surface area contributed by atoms with Gasteiger partial charge in [-0.05, 0) is 114 Å². The Bertz CT molecular complexity index is 606. The molecular formula is C26H42N2O. The van der Waals surface area contributed by atoms with Crippen LogP contribution in [0, 0.1) is 17.3 Å². The second kappa shape index (κ2) is 7.46. The zero-order chi connectivity index (χ0) is 19.4. The Labute approximate surface area is 178 Å². The summed E-state index contributed by atoms with van der Waals surface area (Å²) in [6.07, 6.45) is 21.9. The largest absolute Gasteiger partial charge is 0.476 e. The van der Waals surface area contributed by atoms with Gasteiger partial charge in [0.05, 0.1) is 0 Å². The Morgan fingerprint density at radius 3 is 2.17 bits per heavy atom. The molecule has 0 radical (unpaired) electrons. The Kier molecular flexibility index (Phi) is 4.90. The Morgan fingerprint density at radius 2 is 1.48 bits per heavy atom. The Balaban J connectivity index is 1.06. The van der Waals surface area contributed by atoms with Gasteiger partial charge < -0.3 is 14.5 Å². The van der Waals surface area contributed by atoms with Crippen LogP contribution in [0.2, 0.25) is 0 Å². The van der Waals surface area contributed by atoms with Crippen molar-refractivity contribution in [3.63, 3.8) is 0 Å². The zero-order valence-corrected chi connectivity index (χ0v) is 18.5. The number of piperidine rings is 2. The van der Waals surface area contributed by atoms with Crippen molar-refractivity contribution in [1.29, 1.82) is 0 Å². The summed E-state index contributed by atoms with van der Waals surface area (Å²) in [5.41, 5.74) is 0.742. The van der Waals surface area contributed by atoms with E-state index in [4.69, 9.17) is 4.74 Å². The summed E-state index contributed by atoms with van der Waals surface area (Å²) < 4.78 is 6.22. The highest BCUT2D eigenvalue weighted by Crippen LogP contribution is 2.58. The van der Waals surface area contributed by atoms with Gasteiger partial charge in [0, 0.05) is 18.1 Å². The van der Waals surface area contributed by atoms with E-state index in [0.717, 1.165) is 29.2 Å². The first-order valence-electron chi connectivity index (χ1n) is 13.1. The number of likely N-dealkylation sites (tertiary alicyclic amines) is 1. The summed E-state index contributed by atoms with van der Waals surface area (Å²) in [4.78, 5) is 5.52. The molecule has 4 unspecified atom stereocenters. The van der Waals surface area contributed by atoms with Crippen LogP contribution in [0.5, 0.6) is 0 Å². The second-order valence-electron chi connectivity index (χ2n) is 11.6. The van der Waals surface area contributed by atoms with Gasteiger partial charge in [0.1, 0.15) is 6.10 Å². The molecule has 3 heterocycles. The van der Waals surface area contributed by atoms with Gasteiger partial charge in [0.15, 0.2) is 5.88 Å². The molecule has 3 nitrogen and oxygen atoms in total. The summed E-state index contributed by atoms with van der Waals surface area (Å²) in [5.74, 6) is 3.19. The molecule has 29 heavy (non-hydrogen) atoms. The first-order valence-corrected chi connectivity index (χ1v) is 13.1. The highest BCUT2D eigenvalue weighted by molar-refractivity contribution is 5.07. The molecule has 0 aromatic carbocycles. The number of nitrogens with zero attached hydrogens (tertiary/aromatic N) is 2. The van der Waals surface area contributed by atoms with Gasteiger partial charge in [-0.1, -0.05) is 19.3 Å². The van der Waals surface area contributed by atoms with E-state index in [0.29, 0.717) is 18.2 Å². The van der Waals surface area contributed by atoms with Crippen molar-refractivity contribution < 1.29 is 4.74 Å². The lowest BCUT2D eigenvalue weighted by atomic mass is 9.65. The molecule has 3 saturated heterocycles. The van der Waals surface area contributed by atoms with Gasteiger partial charge in [0.2, 0.25) is 0 Å².